The molecule has 0 spiro atoms. The largest absolute Gasteiger partial charge is 0.462 e. The van der Waals surface area contributed by atoms with Crippen LogP contribution >= 0.6 is 0 Å². The number of fused-ring (bicyclic) bond motifs is 5. The molecule has 4 nitrogen and oxygen atoms in total. The number of ether oxygens (including phenoxy) is 3. The van der Waals surface area contributed by atoms with Crippen LogP contribution in [0, 0.1) is 40.4 Å². The first kappa shape index (κ1) is 21.4. The third-order valence-electron chi connectivity index (χ3n) is 9.99. The van der Waals surface area contributed by atoms with Gasteiger partial charge < -0.3 is 14.2 Å². The van der Waals surface area contributed by atoms with E-state index in [1.54, 1.807) is 21.1 Å². The molecule has 0 aliphatic heterocycles. The van der Waals surface area contributed by atoms with E-state index in [-0.39, 0.29) is 22.9 Å². The Bertz CT molecular complexity index is 655. The van der Waals surface area contributed by atoms with Crippen molar-refractivity contribution in [3.8, 4) is 0 Å². The van der Waals surface area contributed by atoms with E-state index in [9.17, 15) is 4.79 Å². The minimum Gasteiger partial charge on any atom is -0.462 e. The lowest BCUT2D eigenvalue weighted by atomic mass is 9.43. The quantitative estimate of drug-likeness (QED) is 0.359. The molecule has 8 unspecified atom stereocenters. The lowest BCUT2D eigenvalue weighted by Gasteiger charge is -2.63. The van der Waals surface area contributed by atoms with Gasteiger partial charge in [-0.25, -0.2) is 0 Å². The Hall–Kier alpha value is -0.870. The molecule has 4 aliphatic rings. The van der Waals surface area contributed by atoms with E-state index < -0.39 is 5.79 Å². The normalized spacial score (nSPS) is 48.2. The highest BCUT2D eigenvalue weighted by Gasteiger charge is 2.64. The molecule has 0 bridgehead atoms. The van der Waals surface area contributed by atoms with Crippen molar-refractivity contribution in [3.63, 3.8) is 0 Å². The highest BCUT2D eigenvalue weighted by Crippen LogP contribution is 2.68. The molecule has 0 aromatic rings. The number of methoxy groups -OCH3 is 2. The van der Waals surface area contributed by atoms with Gasteiger partial charge in [0, 0.05) is 39.9 Å². The second kappa shape index (κ2) is 7.37. The van der Waals surface area contributed by atoms with Crippen LogP contribution < -0.4 is 0 Å². The molecule has 4 fully saturated rings. The summed E-state index contributed by atoms with van der Waals surface area (Å²) in [5, 5.41) is 0. The molecule has 29 heavy (non-hydrogen) atoms. The third-order valence-corrected chi connectivity index (χ3v) is 9.99. The molecule has 4 aliphatic carbocycles. The van der Waals surface area contributed by atoms with Gasteiger partial charge in [0.25, 0.3) is 0 Å². The first-order chi connectivity index (χ1) is 13.7. The molecule has 0 amide bonds. The van der Waals surface area contributed by atoms with Crippen LogP contribution in [0.25, 0.3) is 0 Å². The Kier molecular flexibility index (Phi) is 5.43. The van der Waals surface area contributed by atoms with Crippen molar-refractivity contribution in [3.05, 3.63) is 12.7 Å². The zero-order valence-electron chi connectivity index (χ0n) is 19.0. The van der Waals surface area contributed by atoms with Crippen LogP contribution in [0.2, 0.25) is 0 Å². The molecular weight excluding hydrogens is 364 g/mol. The van der Waals surface area contributed by atoms with E-state index >= 15 is 0 Å². The predicted molar refractivity (Wildman–Crippen MR) is 113 cm³/mol. The summed E-state index contributed by atoms with van der Waals surface area (Å²) in [6.07, 6.45) is 11.1. The Morgan fingerprint density at radius 2 is 1.72 bits per heavy atom. The van der Waals surface area contributed by atoms with Crippen molar-refractivity contribution < 1.29 is 19.0 Å². The molecule has 0 radical (unpaired) electrons. The summed E-state index contributed by atoms with van der Waals surface area (Å²) in [6.45, 7) is 10.6. The molecular formula is C25H40O4. The molecule has 0 N–H and O–H groups in total. The first-order valence-corrected chi connectivity index (χ1v) is 11.6. The average Bonchev–Trinajstić information content (AvgIpc) is 3.02. The Labute approximate surface area is 176 Å². The van der Waals surface area contributed by atoms with Crippen LogP contribution in [-0.4, -0.2) is 32.1 Å². The van der Waals surface area contributed by atoms with Gasteiger partial charge in [-0.15, -0.1) is 6.58 Å². The summed E-state index contributed by atoms with van der Waals surface area (Å²) in [5.74, 6) is 2.32. The van der Waals surface area contributed by atoms with Crippen molar-refractivity contribution in [2.45, 2.75) is 84.0 Å². The summed E-state index contributed by atoms with van der Waals surface area (Å²) < 4.78 is 17.8. The molecule has 0 saturated heterocycles. The van der Waals surface area contributed by atoms with Crippen LogP contribution in [0.1, 0.15) is 72.1 Å². The summed E-state index contributed by atoms with van der Waals surface area (Å²) in [7, 11) is 3.55. The van der Waals surface area contributed by atoms with Gasteiger partial charge in [0.2, 0.25) is 0 Å². The van der Waals surface area contributed by atoms with Gasteiger partial charge in [0.15, 0.2) is 5.79 Å². The zero-order chi connectivity index (χ0) is 21.0. The fourth-order valence-corrected chi connectivity index (χ4v) is 8.49. The maximum absolute atomic E-state index is 12.1. The summed E-state index contributed by atoms with van der Waals surface area (Å²) in [5.41, 5.74) is 0.390. The van der Waals surface area contributed by atoms with Crippen molar-refractivity contribution >= 4 is 5.97 Å². The smallest absolute Gasteiger partial charge is 0.302 e. The molecule has 8 atom stereocenters. The van der Waals surface area contributed by atoms with Crippen LogP contribution in [0.15, 0.2) is 12.7 Å². The lowest BCUT2D eigenvalue weighted by molar-refractivity contribution is -0.269. The number of hydrogen-bond donors (Lipinski definition) is 0. The zero-order valence-corrected chi connectivity index (χ0v) is 19.0. The SMILES string of the molecule is C=CC1CCC2C3CCC4CC(OC)(OC)CCC4(C)C3C(OC(C)=O)CC12C. The molecule has 0 heterocycles. The van der Waals surface area contributed by atoms with Gasteiger partial charge in [-0.1, -0.05) is 19.9 Å². The van der Waals surface area contributed by atoms with Crippen molar-refractivity contribution in [2.24, 2.45) is 40.4 Å². The van der Waals surface area contributed by atoms with Gasteiger partial charge >= 0.3 is 5.97 Å². The van der Waals surface area contributed by atoms with E-state index in [0.717, 1.165) is 31.6 Å². The van der Waals surface area contributed by atoms with Crippen molar-refractivity contribution in [1.29, 1.82) is 0 Å². The van der Waals surface area contributed by atoms with E-state index in [1.165, 1.54) is 25.7 Å². The van der Waals surface area contributed by atoms with Crippen LogP contribution in [-0.2, 0) is 19.0 Å². The van der Waals surface area contributed by atoms with Gasteiger partial charge in [0.1, 0.15) is 6.10 Å². The summed E-state index contributed by atoms with van der Waals surface area (Å²) in [6, 6.07) is 0. The van der Waals surface area contributed by atoms with E-state index in [0.29, 0.717) is 23.7 Å². The van der Waals surface area contributed by atoms with E-state index in [1.807, 2.05) is 0 Å². The fourth-order valence-electron chi connectivity index (χ4n) is 8.49. The lowest BCUT2D eigenvalue weighted by Crippen LogP contribution is -2.61. The molecule has 0 aromatic heterocycles. The third kappa shape index (κ3) is 3.12. The van der Waals surface area contributed by atoms with Crippen molar-refractivity contribution in [2.75, 3.05) is 14.2 Å². The Morgan fingerprint density at radius 1 is 1.00 bits per heavy atom. The monoisotopic (exact) mass is 404 g/mol. The predicted octanol–water partition coefficient (Wildman–Crippen LogP) is 5.36. The second-order valence-corrected chi connectivity index (χ2v) is 10.9. The Morgan fingerprint density at radius 3 is 2.34 bits per heavy atom. The minimum atomic E-state index is -0.446. The fraction of sp³-hybridized carbons (Fsp3) is 0.880. The molecule has 164 valence electrons. The van der Waals surface area contributed by atoms with Gasteiger partial charge in [0.05, 0.1) is 0 Å². The Balaban J connectivity index is 1.70. The van der Waals surface area contributed by atoms with Crippen molar-refractivity contribution in [1.82, 2.24) is 0 Å². The number of carbonyl (C=O) groups is 1. The van der Waals surface area contributed by atoms with Gasteiger partial charge in [-0.05, 0) is 73.0 Å². The topological polar surface area (TPSA) is 44.8 Å². The standard InChI is InChI=1S/C25H40O4/c1-7-17-9-11-20-19-10-8-18-14-25(27-5,28-6)13-12-23(18,3)22(19)21(29-16(2)26)15-24(17,20)4/h7,17-22H,1,8-15H2,2-6H3. The molecule has 0 aromatic carbocycles. The van der Waals surface area contributed by atoms with Crippen LogP contribution in [0.3, 0.4) is 0 Å². The van der Waals surface area contributed by atoms with Gasteiger partial charge in [-0.2, -0.15) is 0 Å². The summed E-state index contributed by atoms with van der Waals surface area (Å²) in [4.78, 5) is 12.1. The second-order valence-electron chi connectivity index (χ2n) is 10.9. The molecule has 4 saturated carbocycles. The summed E-state index contributed by atoms with van der Waals surface area (Å²) >= 11 is 0. The maximum atomic E-state index is 12.1. The number of allylic oxidation sites excluding steroid dienone is 1. The van der Waals surface area contributed by atoms with Crippen LogP contribution in [0.4, 0.5) is 0 Å². The average molecular weight is 405 g/mol. The van der Waals surface area contributed by atoms with Crippen LogP contribution in [0.5, 0.6) is 0 Å². The molecule has 4 heteroatoms. The minimum absolute atomic E-state index is 0.0182. The van der Waals surface area contributed by atoms with E-state index in [2.05, 4.69) is 26.5 Å². The molecule has 4 rings (SSSR count). The number of carbonyl (C=O) groups excluding carboxylic acids is 1. The van der Waals surface area contributed by atoms with Gasteiger partial charge in [-0.3, -0.25) is 4.79 Å². The van der Waals surface area contributed by atoms with E-state index in [4.69, 9.17) is 14.2 Å². The number of esters is 1. The first-order valence-electron chi connectivity index (χ1n) is 11.6. The number of hydrogen-bond acceptors (Lipinski definition) is 4. The maximum Gasteiger partial charge on any atom is 0.302 e. The number of rotatable bonds is 4. The highest BCUT2D eigenvalue weighted by molar-refractivity contribution is 5.66. The highest BCUT2D eigenvalue weighted by atomic mass is 16.7.